The van der Waals surface area contributed by atoms with Crippen LogP contribution >= 0.6 is 0 Å². The Hall–Kier alpha value is -4.59. The minimum atomic E-state index is -0.348. The molecule has 4 rings (SSSR count). The lowest BCUT2D eigenvalue weighted by molar-refractivity contribution is -0.116. The van der Waals surface area contributed by atoms with E-state index in [-0.39, 0.29) is 18.5 Å². The van der Waals surface area contributed by atoms with Gasteiger partial charge >= 0.3 is 6.03 Å². The molecule has 0 spiro atoms. The quantitative estimate of drug-likeness (QED) is 0.332. The molecule has 36 heavy (non-hydrogen) atoms. The Kier molecular flexibility index (Phi) is 7.97. The first-order chi connectivity index (χ1) is 17.6. The van der Waals surface area contributed by atoms with Crippen molar-refractivity contribution in [1.29, 1.82) is 0 Å². The minimum Gasteiger partial charge on any atom is -0.497 e. The average molecular weight is 484 g/mol. The predicted molar refractivity (Wildman–Crippen MR) is 142 cm³/mol. The molecule has 0 atom stereocenters. The minimum absolute atomic E-state index is 0.101. The van der Waals surface area contributed by atoms with E-state index in [1.165, 1.54) is 4.90 Å². The Morgan fingerprint density at radius 2 is 1.58 bits per heavy atom. The third-order valence-electron chi connectivity index (χ3n) is 5.50. The number of benzene rings is 3. The summed E-state index contributed by atoms with van der Waals surface area (Å²) in [5.41, 5.74) is 3.11. The fraction of sp³-hybridized carbons (Fsp3) is 0.179. The van der Waals surface area contributed by atoms with E-state index < -0.39 is 0 Å². The van der Waals surface area contributed by atoms with E-state index in [1.807, 2.05) is 73.7 Å². The summed E-state index contributed by atoms with van der Waals surface area (Å²) in [6.07, 6.45) is 0.712. The number of nitrogens with zero attached hydrogens (tertiary/aromatic N) is 3. The van der Waals surface area contributed by atoms with E-state index in [4.69, 9.17) is 9.84 Å². The molecule has 3 aromatic carbocycles. The standard InChI is InChI=1S/C28H29N5O3/c1-3-18-32(28(35)29-22-14-16-24(36-2)17-15-22)20-27(34)30-26-19-25(21-10-6-4-7-11-21)31-33(26)23-12-8-5-9-13-23/h4-17,19H,3,18,20H2,1-2H3,(H,29,35)(H,30,34). The molecule has 8 nitrogen and oxygen atoms in total. The smallest absolute Gasteiger partial charge is 0.322 e. The summed E-state index contributed by atoms with van der Waals surface area (Å²) in [6.45, 7) is 2.29. The molecule has 0 aliphatic rings. The molecule has 1 heterocycles. The lowest BCUT2D eigenvalue weighted by atomic mass is 10.1. The molecule has 0 unspecified atom stereocenters. The maximum atomic E-state index is 13.1. The van der Waals surface area contributed by atoms with Crippen molar-refractivity contribution in [2.45, 2.75) is 13.3 Å². The Morgan fingerprint density at radius 3 is 2.22 bits per heavy atom. The monoisotopic (exact) mass is 483 g/mol. The van der Waals surface area contributed by atoms with Gasteiger partial charge in [-0.05, 0) is 42.8 Å². The number of nitrogens with one attached hydrogen (secondary N) is 2. The largest absolute Gasteiger partial charge is 0.497 e. The van der Waals surface area contributed by atoms with Gasteiger partial charge in [0.05, 0.1) is 18.5 Å². The van der Waals surface area contributed by atoms with Gasteiger partial charge in [-0.15, -0.1) is 0 Å². The number of ether oxygens (including phenoxy) is 1. The summed E-state index contributed by atoms with van der Waals surface area (Å²) in [5.74, 6) is 0.907. The van der Waals surface area contributed by atoms with Crippen LogP contribution < -0.4 is 15.4 Å². The van der Waals surface area contributed by atoms with Crippen LogP contribution in [0.3, 0.4) is 0 Å². The SMILES string of the molecule is CCCN(CC(=O)Nc1cc(-c2ccccc2)nn1-c1ccccc1)C(=O)Nc1ccc(OC)cc1. The molecule has 184 valence electrons. The molecule has 3 amide bonds. The third-order valence-corrected chi connectivity index (χ3v) is 5.50. The van der Waals surface area contributed by atoms with E-state index in [2.05, 4.69) is 10.6 Å². The second kappa shape index (κ2) is 11.7. The van der Waals surface area contributed by atoms with Crippen LogP contribution in [0.5, 0.6) is 5.75 Å². The third kappa shape index (κ3) is 6.09. The highest BCUT2D eigenvalue weighted by molar-refractivity contribution is 5.97. The first kappa shape index (κ1) is 24.5. The molecule has 8 heteroatoms. The number of hydrogen-bond donors (Lipinski definition) is 2. The summed E-state index contributed by atoms with van der Waals surface area (Å²) in [6, 6.07) is 27.9. The van der Waals surface area contributed by atoms with Crippen molar-refractivity contribution in [2.75, 3.05) is 30.8 Å². The van der Waals surface area contributed by atoms with E-state index in [0.29, 0.717) is 30.2 Å². The second-order valence-corrected chi connectivity index (χ2v) is 8.16. The van der Waals surface area contributed by atoms with Gasteiger partial charge in [0.25, 0.3) is 0 Å². The highest BCUT2D eigenvalue weighted by atomic mass is 16.5. The molecule has 0 saturated carbocycles. The lowest BCUT2D eigenvalue weighted by Crippen LogP contribution is -2.41. The van der Waals surface area contributed by atoms with E-state index in [1.54, 1.807) is 36.1 Å². The number of aromatic nitrogens is 2. The molecule has 0 bridgehead atoms. The van der Waals surface area contributed by atoms with Gasteiger partial charge in [-0.2, -0.15) is 5.10 Å². The summed E-state index contributed by atoms with van der Waals surface area (Å²) >= 11 is 0. The van der Waals surface area contributed by atoms with Crippen LogP contribution in [-0.4, -0.2) is 46.8 Å². The maximum absolute atomic E-state index is 13.1. The van der Waals surface area contributed by atoms with Gasteiger partial charge in [-0.3, -0.25) is 4.79 Å². The maximum Gasteiger partial charge on any atom is 0.322 e. The Balaban J connectivity index is 1.51. The molecular formula is C28H29N5O3. The van der Waals surface area contributed by atoms with Crippen molar-refractivity contribution in [3.05, 3.63) is 91.0 Å². The van der Waals surface area contributed by atoms with Crippen molar-refractivity contribution in [1.82, 2.24) is 14.7 Å². The highest BCUT2D eigenvalue weighted by Crippen LogP contribution is 2.25. The van der Waals surface area contributed by atoms with Crippen molar-refractivity contribution in [3.8, 4) is 22.7 Å². The van der Waals surface area contributed by atoms with Crippen LogP contribution in [-0.2, 0) is 4.79 Å². The molecule has 0 aliphatic carbocycles. The average Bonchev–Trinajstić information content (AvgIpc) is 3.33. The van der Waals surface area contributed by atoms with Crippen molar-refractivity contribution >= 4 is 23.4 Å². The number of anilines is 2. The second-order valence-electron chi connectivity index (χ2n) is 8.16. The molecule has 4 aromatic rings. The number of rotatable bonds is 9. The first-order valence-electron chi connectivity index (χ1n) is 11.8. The van der Waals surface area contributed by atoms with Crippen LogP contribution in [0.2, 0.25) is 0 Å². The van der Waals surface area contributed by atoms with Gasteiger partial charge in [0.1, 0.15) is 18.1 Å². The number of amides is 3. The molecule has 1 aromatic heterocycles. The summed E-state index contributed by atoms with van der Waals surface area (Å²) < 4.78 is 6.85. The number of methoxy groups -OCH3 is 1. The first-order valence-corrected chi connectivity index (χ1v) is 11.8. The number of carbonyl (C=O) groups excluding carboxylic acids is 2. The fourth-order valence-electron chi connectivity index (χ4n) is 3.74. The number of carbonyl (C=O) groups is 2. The molecule has 0 fully saturated rings. The Bertz CT molecular complexity index is 1290. The normalized spacial score (nSPS) is 10.5. The van der Waals surface area contributed by atoms with E-state index in [0.717, 1.165) is 16.9 Å². The highest BCUT2D eigenvalue weighted by Gasteiger charge is 2.19. The van der Waals surface area contributed by atoms with Gasteiger partial charge in [0.2, 0.25) is 5.91 Å². The van der Waals surface area contributed by atoms with Crippen LogP contribution in [0, 0.1) is 0 Å². The van der Waals surface area contributed by atoms with Gasteiger partial charge in [0.15, 0.2) is 0 Å². The van der Waals surface area contributed by atoms with Crippen LogP contribution in [0.1, 0.15) is 13.3 Å². The zero-order valence-electron chi connectivity index (χ0n) is 20.3. The van der Waals surface area contributed by atoms with Crippen molar-refractivity contribution < 1.29 is 14.3 Å². The number of hydrogen-bond acceptors (Lipinski definition) is 4. The van der Waals surface area contributed by atoms with Crippen LogP contribution in [0.15, 0.2) is 91.0 Å². The molecule has 0 radical (unpaired) electrons. The summed E-state index contributed by atoms with van der Waals surface area (Å²) in [7, 11) is 1.59. The van der Waals surface area contributed by atoms with Crippen LogP contribution in [0.25, 0.3) is 16.9 Å². The topological polar surface area (TPSA) is 88.5 Å². The van der Waals surface area contributed by atoms with E-state index in [9.17, 15) is 9.59 Å². The van der Waals surface area contributed by atoms with Gasteiger partial charge < -0.3 is 20.3 Å². The van der Waals surface area contributed by atoms with Crippen LogP contribution in [0.4, 0.5) is 16.3 Å². The Morgan fingerprint density at radius 1 is 0.917 bits per heavy atom. The zero-order chi connectivity index (χ0) is 25.3. The predicted octanol–water partition coefficient (Wildman–Crippen LogP) is 5.43. The van der Waals surface area contributed by atoms with E-state index >= 15 is 0 Å². The fourth-order valence-corrected chi connectivity index (χ4v) is 3.74. The van der Waals surface area contributed by atoms with Gasteiger partial charge in [0, 0.05) is 23.9 Å². The number of urea groups is 1. The lowest BCUT2D eigenvalue weighted by Gasteiger charge is -2.22. The molecular weight excluding hydrogens is 454 g/mol. The van der Waals surface area contributed by atoms with Gasteiger partial charge in [-0.1, -0.05) is 55.5 Å². The molecule has 2 N–H and O–H groups in total. The van der Waals surface area contributed by atoms with Gasteiger partial charge in [-0.25, -0.2) is 9.48 Å². The Labute approximate surface area is 210 Å². The summed E-state index contributed by atoms with van der Waals surface area (Å²) in [5, 5.41) is 10.5. The van der Waals surface area contributed by atoms with Crippen molar-refractivity contribution in [2.24, 2.45) is 0 Å². The molecule has 0 aliphatic heterocycles. The van der Waals surface area contributed by atoms with Crippen molar-refractivity contribution in [3.63, 3.8) is 0 Å². The summed E-state index contributed by atoms with van der Waals surface area (Å²) in [4.78, 5) is 27.5. The molecule has 0 saturated heterocycles. The zero-order valence-corrected chi connectivity index (χ0v) is 20.3. The number of para-hydroxylation sites is 1.